The van der Waals surface area contributed by atoms with Crippen LogP contribution >= 0.6 is 0 Å². The fraction of sp³-hybridized carbons (Fsp3) is 0.625. The molecule has 1 aromatic rings. The summed E-state index contributed by atoms with van der Waals surface area (Å²) in [6.45, 7) is 1.04. The Labute approximate surface area is 117 Å². The molecule has 1 nitrogen and oxygen atoms in total. The average molecular weight is 283 g/mol. The zero-order chi connectivity index (χ0) is 14.2. The molecule has 0 amide bonds. The maximum absolute atomic E-state index is 12.7. The molecule has 2 aliphatic carbocycles. The predicted molar refractivity (Wildman–Crippen MR) is 72.4 cm³/mol. The second kappa shape index (κ2) is 5.40. The molecular weight excluding hydrogens is 263 g/mol. The summed E-state index contributed by atoms with van der Waals surface area (Å²) < 4.78 is 38.1. The minimum atomic E-state index is -4.23. The van der Waals surface area contributed by atoms with Crippen molar-refractivity contribution < 1.29 is 13.2 Å². The van der Waals surface area contributed by atoms with E-state index in [-0.39, 0.29) is 0 Å². The van der Waals surface area contributed by atoms with Gasteiger partial charge in [0.05, 0.1) is 5.56 Å². The molecule has 0 saturated heterocycles. The Kier molecular flexibility index (Phi) is 3.76. The largest absolute Gasteiger partial charge is 0.416 e. The Balaban J connectivity index is 1.57. The molecule has 0 aromatic heterocycles. The van der Waals surface area contributed by atoms with E-state index >= 15 is 0 Å². The van der Waals surface area contributed by atoms with E-state index < -0.39 is 11.7 Å². The molecule has 20 heavy (non-hydrogen) atoms. The van der Waals surface area contributed by atoms with E-state index in [1.54, 1.807) is 0 Å². The summed E-state index contributed by atoms with van der Waals surface area (Å²) >= 11 is 0. The normalized spacial score (nSPS) is 26.4. The van der Waals surface area contributed by atoms with Crippen molar-refractivity contribution in [3.05, 3.63) is 35.4 Å². The van der Waals surface area contributed by atoms with Crippen LogP contribution in [0.4, 0.5) is 13.2 Å². The molecule has 2 atom stereocenters. The van der Waals surface area contributed by atoms with Crippen molar-refractivity contribution in [2.24, 2.45) is 11.8 Å². The van der Waals surface area contributed by atoms with Gasteiger partial charge in [0.25, 0.3) is 0 Å². The van der Waals surface area contributed by atoms with Crippen LogP contribution in [-0.2, 0) is 12.6 Å². The minimum absolute atomic E-state index is 0.526. The van der Waals surface area contributed by atoms with Crippen LogP contribution in [0.2, 0.25) is 0 Å². The maximum Gasteiger partial charge on any atom is 0.416 e. The Morgan fingerprint density at radius 2 is 1.80 bits per heavy atom. The van der Waals surface area contributed by atoms with Gasteiger partial charge >= 0.3 is 6.18 Å². The number of alkyl halides is 3. The highest BCUT2D eigenvalue weighted by molar-refractivity contribution is 5.26. The Morgan fingerprint density at radius 1 is 1.05 bits per heavy atom. The third kappa shape index (κ3) is 3.35. The van der Waals surface area contributed by atoms with E-state index in [9.17, 15) is 13.2 Å². The highest BCUT2D eigenvalue weighted by atomic mass is 19.4. The first-order valence-electron chi connectivity index (χ1n) is 7.42. The van der Waals surface area contributed by atoms with Crippen LogP contribution in [0.25, 0.3) is 0 Å². The Morgan fingerprint density at radius 3 is 2.40 bits per heavy atom. The van der Waals surface area contributed by atoms with Crippen molar-refractivity contribution in [1.29, 1.82) is 0 Å². The van der Waals surface area contributed by atoms with Crippen molar-refractivity contribution in [1.82, 2.24) is 5.32 Å². The van der Waals surface area contributed by atoms with Gasteiger partial charge in [-0.3, -0.25) is 0 Å². The first kappa shape index (κ1) is 13.9. The molecular formula is C16H20F3N. The highest BCUT2D eigenvalue weighted by Crippen LogP contribution is 2.38. The maximum atomic E-state index is 12.7. The molecule has 0 aliphatic heterocycles. The molecule has 0 radical (unpaired) electrons. The van der Waals surface area contributed by atoms with E-state index in [4.69, 9.17) is 0 Å². The Bertz CT molecular complexity index is 465. The zero-order valence-corrected chi connectivity index (χ0v) is 11.4. The van der Waals surface area contributed by atoms with Crippen LogP contribution < -0.4 is 5.32 Å². The molecule has 1 aromatic carbocycles. The van der Waals surface area contributed by atoms with Gasteiger partial charge in [0.1, 0.15) is 0 Å². The third-order valence-corrected chi connectivity index (χ3v) is 4.57. The fourth-order valence-corrected chi connectivity index (χ4v) is 2.96. The summed E-state index contributed by atoms with van der Waals surface area (Å²) in [5.74, 6) is 1.19. The first-order valence-corrected chi connectivity index (χ1v) is 7.42. The third-order valence-electron chi connectivity index (χ3n) is 4.57. The van der Waals surface area contributed by atoms with Crippen LogP contribution in [0, 0.1) is 11.8 Å². The summed E-state index contributed by atoms with van der Waals surface area (Å²) in [5.41, 5.74) is 0.294. The topological polar surface area (TPSA) is 12.0 Å². The lowest BCUT2D eigenvalue weighted by Crippen LogP contribution is -2.37. The molecule has 0 bridgehead atoms. The van der Waals surface area contributed by atoms with Gasteiger partial charge < -0.3 is 5.32 Å². The summed E-state index contributed by atoms with van der Waals surface area (Å²) in [7, 11) is 0. The van der Waals surface area contributed by atoms with E-state index in [0.29, 0.717) is 17.9 Å². The summed E-state index contributed by atoms with van der Waals surface area (Å²) in [6, 6.07) is 6.51. The monoisotopic (exact) mass is 283 g/mol. The van der Waals surface area contributed by atoms with Crippen LogP contribution in [0.1, 0.15) is 36.8 Å². The molecule has 2 saturated carbocycles. The number of halogens is 3. The molecule has 3 rings (SSSR count). The van der Waals surface area contributed by atoms with E-state index in [1.807, 2.05) is 6.07 Å². The number of hydrogen-bond donors (Lipinski definition) is 1. The smallest absolute Gasteiger partial charge is 0.314 e. The SMILES string of the molecule is FC(F)(F)c1cccc(CC2CCC2CNC2CC2)c1. The molecule has 0 spiro atoms. The standard InChI is InChI=1S/C16H20F3N/c17-16(18,19)14-3-1-2-11(9-14)8-12-4-5-13(12)10-20-15-6-7-15/h1-3,9,12-13,15,20H,4-8,10H2. The van der Waals surface area contributed by atoms with Gasteiger partial charge in [-0.05, 0) is 62.1 Å². The highest BCUT2D eigenvalue weighted by Gasteiger charge is 2.34. The lowest BCUT2D eigenvalue weighted by molar-refractivity contribution is -0.137. The van der Waals surface area contributed by atoms with Crippen molar-refractivity contribution >= 4 is 0 Å². The molecule has 110 valence electrons. The zero-order valence-electron chi connectivity index (χ0n) is 11.4. The second-order valence-electron chi connectivity index (χ2n) is 6.18. The second-order valence-corrected chi connectivity index (χ2v) is 6.18. The average Bonchev–Trinajstić information content (AvgIpc) is 3.18. The molecule has 2 aliphatic rings. The fourth-order valence-electron chi connectivity index (χ4n) is 2.96. The van der Waals surface area contributed by atoms with Crippen molar-refractivity contribution in [2.45, 2.75) is 44.3 Å². The quantitative estimate of drug-likeness (QED) is 0.860. The number of benzene rings is 1. The van der Waals surface area contributed by atoms with E-state index in [0.717, 1.165) is 31.0 Å². The van der Waals surface area contributed by atoms with Crippen LogP contribution in [0.15, 0.2) is 24.3 Å². The summed E-state index contributed by atoms with van der Waals surface area (Å²) in [4.78, 5) is 0. The van der Waals surface area contributed by atoms with E-state index in [1.165, 1.54) is 31.4 Å². The predicted octanol–water partition coefficient (Wildman–Crippen LogP) is 4.03. The molecule has 4 heteroatoms. The van der Waals surface area contributed by atoms with E-state index in [2.05, 4.69) is 5.32 Å². The number of hydrogen-bond acceptors (Lipinski definition) is 1. The molecule has 0 heterocycles. The lowest BCUT2D eigenvalue weighted by atomic mass is 9.70. The number of nitrogens with one attached hydrogen (secondary N) is 1. The summed E-state index contributed by atoms with van der Waals surface area (Å²) in [5, 5.41) is 3.53. The van der Waals surface area contributed by atoms with Gasteiger partial charge in [-0.2, -0.15) is 13.2 Å². The van der Waals surface area contributed by atoms with Gasteiger partial charge in [-0.1, -0.05) is 18.2 Å². The molecule has 2 unspecified atom stereocenters. The Hall–Kier alpha value is -1.03. The van der Waals surface area contributed by atoms with Gasteiger partial charge in [0, 0.05) is 6.04 Å². The van der Waals surface area contributed by atoms with Gasteiger partial charge in [-0.25, -0.2) is 0 Å². The summed E-state index contributed by atoms with van der Waals surface area (Å²) in [6.07, 6.45) is 1.47. The lowest BCUT2D eigenvalue weighted by Gasteiger charge is -2.37. The van der Waals surface area contributed by atoms with Crippen molar-refractivity contribution in [2.75, 3.05) is 6.54 Å². The van der Waals surface area contributed by atoms with Crippen LogP contribution in [0.3, 0.4) is 0 Å². The minimum Gasteiger partial charge on any atom is -0.314 e. The van der Waals surface area contributed by atoms with Crippen LogP contribution in [0.5, 0.6) is 0 Å². The molecule has 1 N–H and O–H groups in total. The first-order chi connectivity index (χ1) is 9.52. The van der Waals surface area contributed by atoms with Gasteiger partial charge in [0.15, 0.2) is 0 Å². The number of rotatable bonds is 5. The van der Waals surface area contributed by atoms with Crippen molar-refractivity contribution in [3.63, 3.8) is 0 Å². The van der Waals surface area contributed by atoms with Crippen molar-refractivity contribution in [3.8, 4) is 0 Å². The molecule has 2 fully saturated rings. The van der Waals surface area contributed by atoms with Gasteiger partial charge in [0.2, 0.25) is 0 Å². The van der Waals surface area contributed by atoms with Gasteiger partial charge in [-0.15, -0.1) is 0 Å². The van der Waals surface area contributed by atoms with Crippen LogP contribution in [-0.4, -0.2) is 12.6 Å².